The van der Waals surface area contributed by atoms with Crippen molar-refractivity contribution in [3.05, 3.63) is 65.7 Å². The lowest BCUT2D eigenvalue weighted by atomic mass is 10.0. The van der Waals surface area contributed by atoms with Gasteiger partial charge >= 0.3 is 0 Å². The largest absolute Gasteiger partial charge is 0.494 e. The maximum atomic E-state index is 12.3. The van der Waals surface area contributed by atoms with E-state index in [0.29, 0.717) is 17.9 Å². The van der Waals surface area contributed by atoms with Crippen LogP contribution in [0.25, 0.3) is 0 Å². The molecule has 6 heteroatoms. The van der Waals surface area contributed by atoms with Crippen molar-refractivity contribution in [1.82, 2.24) is 10.6 Å². The second-order valence-electron chi connectivity index (χ2n) is 5.54. The second-order valence-corrected chi connectivity index (χ2v) is 5.54. The van der Waals surface area contributed by atoms with Crippen LogP contribution >= 0.6 is 0 Å². The number of benzene rings is 2. The molecule has 0 aliphatic carbocycles. The van der Waals surface area contributed by atoms with Crippen LogP contribution in [0.3, 0.4) is 0 Å². The Morgan fingerprint density at radius 3 is 2.68 bits per heavy atom. The van der Waals surface area contributed by atoms with Crippen LogP contribution in [0.15, 0.2) is 59.6 Å². The molecule has 0 aromatic heterocycles. The van der Waals surface area contributed by atoms with Crippen LogP contribution in [0, 0.1) is 0 Å². The SMILES string of the molecule is CCOc1ccccc1C1CC(=O)NC(NC(=O)c2ccccc2)=N1. The average molecular weight is 337 g/mol. The van der Waals surface area contributed by atoms with Gasteiger partial charge in [0.25, 0.3) is 5.91 Å². The summed E-state index contributed by atoms with van der Waals surface area (Å²) >= 11 is 0. The lowest BCUT2D eigenvalue weighted by Gasteiger charge is -2.23. The van der Waals surface area contributed by atoms with Crippen molar-refractivity contribution in [1.29, 1.82) is 0 Å². The molecule has 1 aliphatic rings. The van der Waals surface area contributed by atoms with Crippen LogP contribution in [-0.4, -0.2) is 24.4 Å². The van der Waals surface area contributed by atoms with Gasteiger partial charge in [0.1, 0.15) is 5.75 Å². The zero-order valence-corrected chi connectivity index (χ0v) is 13.9. The molecule has 1 atom stereocenters. The average Bonchev–Trinajstić information content (AvgIpc) is 2.62. The normalized spacial score (nSPS) is 16.6. The van der Waals surface area contributed by atoms with Gasteiger partial charge in [0.15, 0.2) is 0 Å². The van der Waals surface area contributed by atoms with Gasteiger partial charge in [0, 0.05) is 11.1 Å². The molecule has 1 heterocycles. The van der Waals surface area contributed by atoms with Crippen molar-refractivity contribution in [2.45, 2.75) is 19.4 Å². The number of hydrogen-bond donors (Lipinski definition) is 2. The highest BCUT2D eigenvalue weighted by Gasteiger charge is 2.25. The predicted octanol–water partition coefficient (Wildman–Crippen LogP) is 2.43. The van der Waals surface area contributed by atoms with Gasteiger partial charge in [-0.1, -0.05) is 36.4 Å². The van der Waals surface area contributed by atoms with E-state index in [4.69, 9.17) is 4.74 Å². The smallest absolute Gasteiger partial charge is 0.257 e. The molecule has 2 amide bonds. The Bertz CT molecular complexity index is 803. The number of guanidine groups is 1. The molecule has 0 spiro atoms. The van der Waals surface area contributed by atoms with Gasteiger partial charge in [-0.3, -0.25) is 20.2 Å². The highest BCUT2D eigenvalue weighted by Crippen LogP contribution is 2.31. The molecular weight excluding hydrogens is 318 g/mol. The van der Waals surface area contributed by atoms with Crippen LogP contribution in [0.1, 0.15) is 35.3 Å². The number of amides is 2. The molecule has 0 saturated carbocycles. The number of aliphatic imine (C=N–C) groups is 1. The van der Waals surface area contributed by atoms with Crippen molar-refractivity contribution in [2.75, 3.05) is 6.61 Å². The molecule has 2 aromatic carbocycles. The summed E-state index contributed by atoms with van der Waals surface area (Å²) in [5, 5.41) is 5.26. The summed E-state index contributed by atoms with van der Waals surface area (Å²) in [5.41, 5.74) is 1.32. The number of carbonyl (C=O) groups excluding carboxylic acids is 2. The van der Waals surface area contributed by atoms with Crippen molar-refractivity contribution in [3.63, 3.8) is 0 Å². The highest BCUT2D eigenvalue weighted by molar-refractivity contribution is 6.10. The molecule has 25 heavy (non-hydrogen) atoms. The monoisotopic (exact) mass is 337 g/mol. The number of nitrogens with zero attached hydrogens (tertiary/aromatic N) is 1. The second kappa shape index (κ2) is 7.61. The van der Waals surface area contributed by atoms with Crippen LogP contribution in [-0.2, 0) is 4.79 Å². The van der Waals surface area contributed by atoms with E-state index in [-0.39, 0.29) is 24.2 Å². The van der Waals surface area contributed by atoms with Gasteiger partial charge in [-0.2, -0.15) is 0 Å². The Labute approximate surface area is 145 Å². The molecule has 6 nitrogen and oxygen atoms in total. The third kappa shape index (κ3) is 4.03. The van der Waals surface area contributed by atoms with Gasteiger partial charge in [-0.15, -0.1) is 0 Å². The number of carbonyl (C=O) groups is 2. The number of nitrogens with one attached hydrogen (secondary N) is 2. The minimum Gasteiger partial charge on any atom is -0.494 e. The van der Waals surface area contributed by atoms with E-state index < -0.39 is 6.04 Å². The summed E-state index contributed by atoms with van der Waals surface area (Å²) in [6, 6.07) is 15.9. The van der Waals surface area contributed by atoms with E-state index in [0.717, 1.165) is 5.56 Å². The Balaban J connectivity index is 1.83. The number of rotatable bonds is 4. The first-order valence-electron chi connectivity index (χ1n) is 8.13. The number of ether oxygens (including phenoxy) is 1. The van der Waals surface area contributed by atoms with E-state index >= 15 is 0 Å². The van der Waals surface area contributed by atoms with Crippen molar-refractivity contribution < 1.29 is 14.3 Å². The number of hydrogen-bond acceptors (Lipinski definition) is 4. The van der Waals surface area contributed by atoms with E-state index in [1.807, 2.05) is 37.3 Å². The van der Waals surface area contributed by atoms with E-state index in [1.165, 1.54) is 0 Å². The highest BCUT2D eigenvalue weighted by atomic mass is 16.5. The summed E-state index contributed by atoms with van der Waals surface area (Å²) in [5.74, 6) is 0.330. The Morgan fingerprint density at radius 2 is 1.92 bits per heavy atom. The van der Waals surface area contributed by atoms with Gasteiger partial charge in [-0.05, 0) is 25.1 Å². The summed E-state index contributed by atoms with van der Waals surface area (Å²) in [4.78, 5) is 28.8. The molecule has 128 valence electrons. The fraction of sp³-hybridized carbons (Fsp3) is 0.211. The van der Waals surface area contributed by atoms with Gasteiger partial charge in [0.05, 0.1) is 19.1 Å². The third-order valence-corrected chi connectivity index (χ3v) is 3.77. The molecule has 2 N–H and O–H groups in total. The van der Waals surface area contributed by atoms with Crippen LogP contribution < -0.4 is 15.4 Å². The molecular formula is C19H19N3O3. The number of para-hydroxylation sites is 1. The van der Waals surface area contributed by atoms with E-state index in [9.17, 15) is 9.59 Å². The third-order valence-electron chi connectivity index (χ3n) is 3.77. The van der Waals surface area contributed by atoms with Gasteiger partial charge < -0.3 is 4.74 Å². The first-order valence-corrected chi connectivity index (χ1v) is 8.13. The Kier molecular flexibility index (Phi) is 5.09. The predicted molar refractivity (Wildman–Crippen MR) is 94.5 cm³/mol. The van der Waals surface area contributed by atoms with Crippen LogP contribution in [0.4, 0.5) is 0 Å². The summed E-state index contributed by atoms with van der Waals surface area (Å²) in [7, 11) is 0. The first kappa shape index (κ1) is 16.7. The fourth-order valence-corrected chi connectivity index (χ4v) is 2.65. The standard InChI is InChI=1S/C19H19N3O3/c1-2-25-16-11-7-6-10-14(16)15-12-17(23)21-19(20-15)22-18(24)13-8-4-3-5-9-13/h3-11,15H,2,12H2,1H3,(H2,20,21,22,23,24). The molecule has 2 aromatic rings. The minimum atomic E-state index is -0.400. The van der Waals surface area contributed by atoms with Gasteiger partial charge in [-0.25, -0.2) is 4.99 Å². The maximum Gasteiger partial charge on any atom is 0.257 e. The first-order chi connectivity index (χ1) is 12.2. The van der Waals surface area contributed by atoms with Crippen LogP contribution in [0.5, 0.6) is 5.75 Å². The van der Waals surface area contributed by atoms with E-state index in [1.54, 1.807) is 24.3 Å². The van der Waals surface area contributed by atoms with Crippen molar-refractivity contribution in [2.24, 2.45) is 4.99 Å². The molecule has 0 radical (unpaired) electrons. The zero-order chi connectivity index (χ0) is 17.6. The molecule has 0 bridgehead atoms. The lowest BCUT2D eigenvalue weighted by Crippen LogP contribution is -2.47. The summed E-state index contributed by atoms with van der Waals surface area (Å²) < 4.78 is 5.62. The molecule has 1 unspecified atom stereocenters. The molecule has 0 saturated heterocycles. The van der Waals surface area contributed by atoms with Crippen LogP contribution in [0.2, 0.25) is 0 Å². The molecule has 1 aliphatic heterocycles. The van der Waals surface area contributed by atoms with Crippen molar-refractivity contribution in [3.8, 4) is 5.75 Å². The summed E-state index contributed by atoms with van der Waals surface area (Å²) in [6.07, 6.45) is 0.203. The Morgan fingerprint density at radius 1 is 1.20 bits per heavy atom. The Hall–Kier alpha value is -3.15. The van der Waals surface area contributed by atoms with Crippen molar-refractivity contribution >= 4 is 17.8 Å². The van der Waals surface area contributed by atoms with E-state index in [2.05, 4.69) is 15.6 Å². The summed E-state index contributed by atoms with van der Waals surface area (Å²) in [6.45, 7) is 2.43. The zero-order valence-electron chi connectivity index (χ0n) is 13.9. The molecule has 3 rings (SSSR count). The lowest BCUT2D eigenvalue weighted by molar-refractivity contribution is -0.120. The van der Waals surface area contributed by atoms with Gasteiger partial charge in [0.2, 0.25) is 11.9 Å². The minimum absolute atomic E-state index is 0.154. The topological polar surface area (TPSA) is 79.8 Å². The molecule has 0 fully saturated rings. The maximum absolute atomic E-state index is 12.3. The quantitative estimate of drug-likeness (QED) is 0.899. The fourth-order valence-electron chi connectivity index (χ4n) is 2.65.